The van der Waals surface area contributed by atoms with Crippen LogP contribution in [0.2, 0.25) is 0 Å². The van der Waals surface area contributed by atoms with Crippen LogP contribution in [-0.2, 0) is 4.79 Å². The van der Waals surface area contributed by atoms with Crippen molar-refractivity contribution in [3.63, 3.8) is 0 Å². The maximum atomic E-state index is 12.0. The topological polar surface area (TPSA) is 78.9 Å². The summed E-state index contributed by atoms with van der Waals surface area (Å²) >= 11 is 0. The van der Waals surface area contributed by atoms with Gasteiger partial charge in [0, 0.05) is 31.6 Å². The summed E-state index contributed by atoms with van der Waals surface area (Å²) in [5.74, 6) is 2.76. The SMILES string of the molecule is CCNc1cc(NCCNC(=O)C2CCCCC2)nc(C)n1. The van der Waals surface area contributed by atoms with E-state index in [0.717, 1.165) is 36.8 Å². The number of anilines is 2. The van der Waals surface area contributed by atoms with Crippen molar-refractivity contribution in [2.45, 2.75) is 46.0 Å². The molecule has 0 unspecified atom stereocenters. The lowest BCUT2D eigenvalue weighted by Gasteiger charge is -2.20. The molecule has 0 radical (unpaired) electrons. The number of hydrogen-bond donors (Lipinski definition) is 3. The highest BCUT2D eigenvalue weighted by molar-refractivity contribution is 5.78. The average Bonchev–Trinajstić information content (AvgIpc) is 2.52. The molecule has 22 heavy (non-hydrogen) atoms. The van der Waals surface area contributed by atoms with Crippen molar-refractivity contribution in [3.8, 4) is 0 Å². The molecule has 0 aliphatic heterocycles. The van der Waals surface area contributed by atoms with Crippen LogP contribution in [-0.4, -0.2) is 35.5 Å². The summed E-state index contributed by atoms with van der Waals surface area (Å²) in [4.78, 5) is 20.7. The number of hydrogen-bond acceptors (Lipinski definition) is 5. The Morgan fingerprint density at radius 2 is 1.82 bits per heavy atom. The van der Waals surface area contributed by atoms with E-state index in [1.165, 1.54) is 19.3 Å². The predicted molar refractivity (Wildman–Crippen MR) is 89.0 cm³/mol. The van der Waals surface area contributed by atoms with Crippen LogP contribution in [0.5, 0.6) is 0 Å². The second-order valence-corrected chi connectivity index (χ2v) is 5.77. The normalized spacial score (nSPS) is 15.4. The van der Waals surface area contributed by atoms with Crippen LogP contribution in [0.15, 0.2) is 6.07 Å². The van der Waals surface area contributed by atoms with Gasteiger partial charge in [-0.3, -0.25) is 4.79 Å². The van der Waals surface area contributed by atoms with E-state index in [-0.39, 0.29) is 11.8 Å². The third-order valence-corrected chi connectivity index (χ3v) is 3.90. The van der Waals surface area contributed by atoms with Gasteiger partial charge in [-0.15, -0.1) is 0 Å². The molecule has 1 amide bonds. The van der Waals surface area contributed by atoms with Gasteiger partial charge in [-0.2, -0.15) is 0 Å². The lowest BCUT2D eigenvalue weighted by molar-refractivity contribution is -0.125. The summed E-state index contributed by atoms with van der Waals surface area (Å²) in [6.07, 6.45) is 5.72. The minimum Gasteiger partial charge on any atom is -0.370 e. The van der Waals surface area contributed by atoms with Gasteiger partial charge in [0.15, 0.2) is 0 Å². The molecule has 0 atom stereocenters. The summed E-state index contributed by atoms with van der Waals surface area (Å²) in [7, 11) is 0. The number of aromatic nitrogens is 2. The van der Waals surface area contributed by atoms with E-state index in [1.54, 1.807) is 0 Å². The molecule has 0 aromatic carbocycles. The monoisotopic (exact) mass is 305 g/mol. The first-order valence-electron chi connectivity index (χ1n) is 8.30. The molecule has 0 bridgehead atoms. The maximum Gasteiger partial charge on any atom is 0.223 e. The van der Waals surface area contributed by atoms with Crippen LogP contribution in [0.3, 0.4) is 0 Å². The summed E-state index contributed by atoms with van der Waals surface area (Å²) in [5.41, 5.74) is 0. The number of nitrogens with zero attached hydrogens (tertiary/aromatic N) is 2. The molecule has 3 N–H and O–H groups in total. The van der Waals surface area contributed by atoms with Crippen molar-refractivity contribution in [2.75, 3.05) is 30.3 Å². The number of carbonyl (C=O) groups is 1. The number of aryl methyl sites for hydroxylation is 1. The van der Waals surface area contributed by atoms with E-state index in [1.807, 2.05) is 19.9 Å². The fourth-order valence-electron chi connectivity index (χ4n) is 2.82. The van der Waals surface area contributed by atoms with Crippen LogP contribution in [0.4, 0.5) is 11.6 Å². The summed E-state index contributed by atoms with van der Waals surface area (Å²) in [5, 5.41) is 9.43. The van der Waals surface area contributed by atoms with E-state index >= 15 is 0 Å². The number of carbonyl (C=O) groups excluding carboxylic acids is 1. The third kappa shape index (κ3) is 5.16. The largest absolute Gasteiger partial charge is 0.370 e. The van der Waals surface area contributed by atoms with Crippen molar-refractivity contribution in [1.82, 2.24) is 15.3 Å². The molecule has 1 saturated carbocycles. The zero-order valence-corrected chi connectivity index (χ0v) is 13.6. The highest BCUT2D eigenvalue weighted by atomic mass is 16.1. The first kappa shape index (κ1) is 16.5. The number of amides is 1. The fourth-order valence-corrected chi connectivity index (χ4v) is 2.82. The second kappa shape index (κ2) is 8.56. The van der Waals surface area contributed by atoms with E-state index in [0.29, 0.717) is 13.1 Å². The summed E-state index contributed by atoms with van der Waals surface area (Å²) in [6, 6.07) is 1.89. The number of nitrogens with one attached hydrogen (secondary N) is 3. The highest BCUT2D eigenvalue weighted by Gasteiger charge is 2.20. The Balaban J connectivity index is 1.72. The molecule has 122 valence electrons. The van der Waals surface area contributed by atoms with Gasteiger partial charge >= 0.3 is 0 Å². The molecule has 0 spiro atoms. The molecule has 1 aromatic rings. The molecule has 6 heteroatoms. The molecule has 1 aliphatic carbocycles. The molecule has 0 saturated heterocycles. The smallest absolute Gasteiger partial charge is 0.223 e. The van der Waals surface area contributed by atoms with Crippen molar-refractivity contribution in [1.29, 1.82) is 0 Å². The van der Waals surface area contributed by atoms with Crippen LogP contribution >= 0.6 is 0 Å². The Labute approximate surface area is 132 Å². The van der Waals surface area contributed by atoms with E-state index in [2.05, 4.69) is 25.9 Å². The lowest BCUT2D eigenvalue weighted by atomic mass is 9.89. The Hall–Kier alpha value is -1.85. The minimum atomic E-state index is 0.203. The zero-order chi connectivity index (χ0) is 15.8. The Morgan fingerprint density at radius 1 is 1.14 bits per heavy atom. The first-order valence-corrected chi connectivity index (χ1v) is 8.30. The minimum absolute atomic E-state index is 0.203. The van der Waals surface area contributed by atoms with Gasteiger partial charge in [0.05, 0.1) is 0 Å². The Kier molecular flexibility index (Phi) is 6.43. The molecule has 2 rings (SSSR count). The van der Waals surface area contributed by atoms with Crippen molar-refractivity contribution in [3.05, 3.63) is 11.9 Å². The van der Waals surface area contributed by atoms with Crippen LogP contribution in [0.1, 0.15) is 44.9 Å². The second-order valence-electron chi connectivity index (χ2n) is 5.77. The van der Waals surface area contributed by atoms with E-state index < -0.39 is 0 Å². The van der Waals surface area contributed by atoms with Gasteiger partial charge in [-0.1, -0.05) is 19.3 Å². The van der Waals surface area contributed by atoms with Crippen LogP contribution in [0, 0.1) is 12.8 Å². The first-order chi connectivity index (χ1) is 10.7. The van der Waals surface area contributed by atoms with Gasteiger partial charge in [0.2, 0.25) is 5.91 Å². The lowest BCUT2D eigenvalue weighted by Crippen LogP contribution is -2.35. The molecular weight excluding hydrogens is 278 g/mol. The van der Waals surface area contributed by atoms with E-state index in [9.17, 15) is 4.79 Å². The van der Waals surface area contributed by atoms with Gasteiger partial charge < -0.3 is 16.0 Å². The summed E-state index contributed by atoms with van der Waals surface area (Å²) in [6.45, 7) is 6.02. The standard InChI is InChI=1S/C16H27N5O/c1-3-17-14-11-15(21-12(2)20-14)18-9-10-19-16(22)13-7-5-4-6-8-13/h11,13H,3-10H2,1-2H3,(H,19,22)(H2,17,18,20,21). The quantitative estimate of drug-likeness (QED) is 0.674. The number of rotatable bonds is 7. The molecule has 1 fully saturated rings. The van der Waals surface area contributed by atoms with Crippen LogP contribution < -0.4 is 16.0 Å². The van der Waals surface area contributed by atoms with Crippen molar-refractivity contribution >= 4 is 17.5 Å². The van der Waals surface area contributed by atoms with Crippen molar-refractivity contribution < 1.29 is 4.79 Å². The van der Waals surface area contributed by atoms with Gasteiger partial charge in [-0.05, 0) is 26.7 Å². The van der Waals surface area contributed by atoms with E-state index in [4.69, 9.17) is 0 Å². The molecular formula is C16H27N5O. The third-order valence-electron chi connectivity index (χ3n) is 3.90. The molecule has 6 nitrogen and oxygen atoms in total. The molecule has 1 aliphatic rings. The Morgan fingerprint density at radius 3 is 2.50 bits per heavy atom. The van der Waals surface area contributed by atoms with Gasteiger partial charge in [-0.25, -0.2) is 9.97 Å². The van der Waals surface area contributed by atoms with Gasteiger partial charge in [0.25, 0.3) is 0 Å². The molecule has 1 heterocycles. The van der Waals surface area contributed by atoms with Crippen molar-refractivity contribution in [2.24, 2.45) is 5.92 Å². The summed E-state index contributed by atoms with van der Waals surface area (Å²) < 4.78 is 0. The zero-order valence-electron chi connectivity index (χ0n) is 13.6. The van der Waals surface area contributed by atoms with Gasteiger partial charge in [0.1, 0.15) is 17.5 Å². The predicted octanol–water partition coefficient (Wildman–Crippen LogP) is 2.33. The highest BCUT2D eigenvalue weighted by Crippen LogP contribution is 2.23. The average molecular weight is 305 g/mol. The Bertz CT molecular complexity index is 485. The molecule has 1 aromatic heterocycles. The maximum absolute atomic E-state index is 12.0. The fraction of sp³-hybridized carbons (Fsp3) is 0.688. The van der Waals surface area contributed by atoms with Crippen LogP contribution in [0.25, 0.3) is 0 Å².